The van der Waals surface area contributed by atoms with Gasteiger partial charge in [0.1, 0.15) is 5.82 Å². The van der Waals surface area contributed by atoms with Crippen molar-refractivity contribution in [1.29, 1.82) is 0 Å². The van der Waals surface area contributed by atoms with Crippen LogP contribution in [0.15, 0.2) is 54.6 Å². The predicted molar refractivity (Wildman–Crippen MR) is 89.9 cm³/mol. The molecule has 3 aromatic rings. The number of rotatable bonds is 5. The number of nitrogens with zero attached hydrogens (tertiary/aromatic N) is 3. The lowest BCUT2D eigenvalue weighted by Crippen LogP contribution is -2.27. The maximum atomic E-state index is 9.30. The molecular weight excluding hydrogens is 274 g/mol. The van der Waals surface area contributed by atoms with Crippen molar-refractivity contribution in [2.45, 2.75) is 6.92 Å². The Labute approximate surface area is 130 Å². The molecule has 0 aliphatic rings. The zero-order valence-corrected chi connectivity index (χ0v) is 12.6. The summed E-state index contributed by atoms with van der Waals surface area (Å²) in [5, 5.41) is 10.3. The number of aliphatic hydroxyl groups excluding tert-OH is 1. The Bertz CT molecular complexity index is 759. The summed E-state index contributed by atoms with van der Waals surface area (Å²) >= 11 is 0. The van der Waals surface area contributed by atoms with Gasteiger partial charge in [0.05, 0.1) is 12.1 Å². The van der Waals surface area contributed by atoms with Gasteiger partial charge in [-0.3, -0.25) is 0 Å². The minimum absolute atomic E-state index is 0.104. The SMILES string of the molecule is CCN(CCO)c1nc(-c2ccccc2)nc2ccccc12. The molecular formula is C18H19N3O. The normalized spacial score (nSPS) is 10.8. The number of fused-ring (bicyclic) bond motifs is 1. The third-order valence-electron chi connectivity index (χ3n) is 3.67. The molecule has 0 radical (unpaired) electrons. The molecule has 0 aliphatic heterocycles. The summed E-state index contributed by atoms with van der Waals surface area (Å²) in [6.07, 6.45) is 0. The van der Waals surface area contributed by atoms with E-state index in [0.717, 1.165) is 28.8 Å². The molecule has 3 rings (SSSR count). The van der Waals surface area contributed by atoms with Crippen molar-refractivity contribution in [1.82, 2.24) is 9.97 Å². The minimum Gasteiger partial charge on any atom is -0.395 e. The Morgan fingerprint density at radius 2 is 1.68 bits per heavy atom. The highest BCUT2D eigenvalue weighted by Crippen LogP contribution is 2.27. The van der Waals surface area contributed by atoms with E-state index in [9.17, 15) is 5.11 Å². The molecule has 1 aromatic heterocycles. The Balaban J connectivity index is 2.20. The molecule has 0 bridgehead atoms. The van der Waals surface area contributed by atoms with Crippen molar-refractivity contribution in [3.63, 3.8) is 0 Å². The van der Waals surface area contributed by atoms with Crippen LogP contribution in [0.4, 0.5) is 5.82 Å². The zero-order valence-electron chi connectivity index (χ0n) is 12.6. The fourth-order valence-corrected chi connectivity index (χ4v) is 2.55. The summed E-state index contributed by atoms with van der Waals surface area (Å²) in [5.41, 5.74) is 1.91. The van der Waals surface area contributed by atoms with Gasteiger partial charge in [-0.15, -0.1) is 0 Å². The molecule has 1 heterocycles. The molecule has 0 fully saturated rings. The van der Waals surface area contributed by atoms with E-state index in [1.54, 1.807) is 0 Å². The van der Waals surface area contributed by atoms with E-state index in [4.69, 9.17) is 4.98 Å². The van der Waals surface area contributed by atoms with Gasteiger partial charge in [0.2, 0.25) is 0 Å². The van der Waals surface area contributed by atoms with Crippen molar-refractivity contribution in [3.05, 3.63) is 54.6 Å². The average molecular weight is 293 g/mol. The third kappa shape index (κ3) is 2.78. The first-order valence-electron chi connectivity index (χ1n) is 7.51. The minimum atomic E-state index is 0.104. The van der Waals surface area contributed by atoms with Crippen LogP contribution >= 0.6 is 0 Å². The molecule has 4 heteroatoms. The van der Waals surface area contributed by atoms with Crippen molar-refractivity contribution >= 4 is 16.7 Å². The van der Waals surface area contributed by atoms with Crippen LogP contribution < -0.4 is 4.90 Å². The second-order valence-corrected chi connectivity index (χ2v) is 5.06. The number of anilines is 1. The molecule has 0 spiro atoms. The van der Waals surface area contributed by atoms with Crippen LogP contribution in [0, 0.1) is 0 Å². The molecule has 0 atom stereocenters. The van der Waals surface area contributed by atoms with Crippen molar-refractivity contribution in [2.75, 3.05) is 24.6 Å². The van der Waals surface area contributed by atoms with Crippen molar-refractivity contribution < 1.29 is 5.11 Å². The largest absolute Gasteiger partial charge is 0.395 e. The van der Waals surface area contributed by atoms with Crippen LogP contribution in [0.5, 0.6) is 0 Å². The number of hydrogen-bond acceptors (Lipinski definition) is 4. The van der Waals surface area contributed by atoms with Crippen LogP contribution in [0.1, 0.15) is 6.92 Å². The van der Waals surface area contributed by atoms with E-state index in [-0.39, 0.29) is 6.61 Å². The molecule has 2 aromatic carbocycles. The Hall–Kier alpha value is -2.46. The first kappa shape index (κ1) is 14.5. The Morgan fingerprint density at radius 3 is 2.41 bits per heavy atom. The van der Waals surface area contributed by atoms with Gasteiger partial charge in [0, 0.05) is 24.0 Å². The van der Waals surface area contributed by atoms with Crippen LogP contribution in [0.2, 0.25) is 0 Å². The molecule has 1 N–H and O–H groups in total. The maximum Gasteiger partial charge on any atom is 0.162 e. The van der Waals surface area contributed by atoms with Crippen LogP contribution in [0.25, 0.3) is 22.3 Å². The van der Waals surface area contributed by atoms with Gasteiger partial charge >= 0.3 is 0 Å². The lowest BCUT2D eigenvalue weighted by Gasteiger charge is -2.23. The topological polar surface area (TPSA) is 49.2 Å². The molecule has 22 heavy (non-hydrogen) atoms. The van der Waals surface area contributed by atoms with Gasteiger partial charge in [-0.25, -0.2) is 9.97 Å². The number of benzene rings is 2. The second-order valence-electron chi connectivity index (χ2n) is 5.06. The fourth-order valence-electron chi connectivity index (χ4n) is 2.55. The van der Waals surface area contributed by atoms with Gasteiger partial charge in [-0.05, 0) is 19.1 Å². The van der Waals surface area contributed by atoms with Gasteiger partial charge in [-0.2, -0.15) is 0 Å². The van der Waals surface area contributed by atoms with Gasteiger partial charge in [0.25, 0.3) is 0 Å². The van der Waals surface area contributed by atoms with E-state index in [1.807, 2.05) is 54.6 Å². The highest BCUT2D eigenvalue weighted by molar-refractivity contribution is 5.91. The molecule has 4 nitrogen and oxygen atoms in total. The summed E-state index contributed by atoms with van der Waals surface area (Å²) in [5.74, 6) is 1.59. The maximum absolute atomic E-state index is 9.30. The molecule has 0 aliphatic carbocycles. The third-order valence-corrected chi connectivity index (χ3v) is 3.67. The van der Waals surface area contributed by atoms with E-state index in [0.29, 0.717) is 12.4 Å². The number of para-hydroxylation sites is 1. The molecule has 0 unspecified atom stereocenters. The number of aliphatic hydroxyl groups is 1. The Morgan fingerprint density at radius 1 is 0.955 bits per heavy atom. The molecule has 112 valence electrons. The van der Waals surface area contributed by atoms with E-state index in [1.165, 1.54) is 0 Å². The van der Waals surface area contributed by atoms with Gasteiger partial charge in [0.15, 0.2) is 5.82 Å². The highest BCUT2D eigenvalue weighted by atomic mass is 16.3. The van der Waals surface area contributed by atoms with Crippen molar-refractivity contribution in [3.8, 4) is 11.4 Å². The van der Waals surface area contributed by atoms with E-state index in [2.05, 4.69) is 16.8 Å². The zero-order chi connectivity index (χ0) is 15.4. The van der Waals surface area contributed by atoms with E-state index >= 15 is 0 Å². The summed E-state index contributed by atoms with van der Waals surface area (Å²) in [4.78, 5) is 11.5. The monoisotopic (exact) mass is 293 g/mol. The summed E-state index contributed by atoms with van der Waals surface area (Å²) in [6, 6.07) is 18.0. The number of aromatic nitrogens is 2. The number of likely N-dealkylation sites (N-methyl/N-ethyl adjacent to an activating group) is 1. The Kier molecular flexibility index (Phi) is 4.30. The molecule has 0 amide bonds. The first-order valence-corrected chi connectivity index (χ1v) is 7.51. The van der Waals surface area contributed by atoms with Crippen LogP contribution in [-0.4, -0.2) is 34.8 Å². The second kappa shape index (κ2) is 6.54. The summed E-state index contributed by atoms with van der Waals surface area (Å²) in [7, 11) is 0. The van der Waals surface area contributed by atoms with E-state index < -0.39 is 0 Å². The quantitative estimate of drug-likeness (QED) is 0.785. The van der Waals surface area contributed by atoms with Crippen LogP contribution in [0.3, 0.4) is 0 Å². The lowest BCUT2D eigenvalue weighted by atomic mass is 10.1. The van der Waals surface area contributed by atoms with Crippen molar-refractivity contribution in [2.24, 2.45) is 0 Å². The lowest BCUT2D eigenvalue weighted by molar-refractivity contribution is 0.302. The summed E-state index contributed by atoms with van der Waals surface area (Å²) < 4.78 is 0. The molecule has 0 saturated carbocycles. The molecule has 0 saturated heterocycles. The smallest absolute Gasteiger partial charge is 0.162 e. The van der Waals surface area contributed by atoms with Crippen LogP contribution in [-0.2, 0) is 0 Å². The predicted octanol–water partition coefficient (Wildman–Crippen LogP) is 3.12. The van der Waals surface area contributed by atoms with Gasteiger partial charge in [-0.1, -0.05) is 42.5 Å². The summed E-state index contributed by atoms with van der Waals surface area (Å²) in [6.45, 7) is 3.52. The highest BCUT2D eigenvalue weighted by Gasteiger charge is 2.13. The van der Waals surface area contributed by atoms with Gasteiger partial charge < -0.3 is 10.0 Å². The fraction of sp³-hybridized carbons (Fsp3) is 0.222. The first-order chi connectivity index (χ1) is 10.8. The number of hydrogen-bond donors (Lipinski definition) is 1. The standard InChI is InChI=1S/C18H19N3O/c1-2-21(12-13-22)18-15-10-6-7-11-16(15)19-17(20-18)14-8-4-3-5-9-14/h3-11,22H,2,12-13H2,1H3. The average Bonchev–Trinajstić information content (AvgIpc) is 2.59.